The predicted molar refractivity (Wildman–Crippen MR) is 49.8 cm³/mol. The summed E-state index contributed by atoms with van der Waals surface area (Å²) < 4.78 is 4.95. The van der Waals surface area contributed by atoms with Crippen molar-refractivity contribution in [3.63, 3.8) is 0 Å². The Hall–Kier alpha value is -1.05. The van der Waals surface area contributed by atoms with Crippen molar-refractivity contribution in [2.45, 2.75) is 32.8 Å². The second kappa shape index (κ2) is 5.58. The van der Waals surface area contributed by atoms with Crippen molar-refractivity contribution in [3.8, 4) is 0 Å². The molecule has 0 aromatic rings. The second-order valence-corrected chi connectivity index (χ2v) is 2.69. The molecule has 1 unspecified atom stereocenters. The maximum atomic E-state index is 10.6. The minimum atomic E-state index is -0.274. The Kier molecular flexibility index (Phi) is 5.09. The van der Waals surface area contributed by atoms with Crippen molar-refractivity contribution in [2.24, 2.45) is 0 Å². The van der Waals surface area contributed by atoms with Crippen LogP contribution in [0.15, 0.2) is 24.8 Å². The molecular weight excluding hydrogens is 152 g/mol. The lowest BCUT2D eigenvalue weighted by molar-refractivity contribution is -0.144. The van der Waals surface area contributed by atoms with E-state index in [4.69, 9.17) is 4.74 Å². The van der Waals surface area contributed by atoms with Crippen LogP contribution in [0.3, 0.4) is 0 Å². The van der Waals surface area contributed by atoms with E-state index in [9.17, 15) is 4.79 Å². The third kappa shape index (κ3) is 4.72. The number of esters is 1. The van der Waals surface area contributed by atoms with Crippen LogP contribution in [0.4, 0.5) is 0 Å². The molecule has 0 bridgehead atoms. The molecule has 0 radical (unpaired) electrons. The molecule has 0 aliphatic carbocycles. The van der Waals surface area contributed by atoms with E-state index < -0.39 is 0 Å². The van der Waals surface area contributed by atoms with Crippen molar-refractivity contribution in [1.29, 1.82) is 0 Å². The monoisotopic (exact) mass is 168 g/mol. The summed E-state index contributed by atoms with van der Waals surface area (Å²) in [6.45, 7) is 10.8. The maximum Gasteiger partial charge on any atom is 0.303 e. The van der Waals surface area contributed by atoms with Crippen LogP contribution in [0, 0.1) is 0 Å². The number of hydrogen-bond donors (Lipinski definition) is 0. The lowest BCUT2D eigenvalue weighted by Gasteiger charge is -2.12. The van der Waals surface area contributed by atoms with Crippen molar-refractivity contribution in [1.82, 2.24) is 0 Å². The highest BCUT2D eigenvalue weighted by Crippen LogP contribution is 2.10. The summed E-state index contributed by atoms with van der Waals surface area (Å²) in [5.74, 6) is -0.274. The minimum absolute atomic E-state index is 0.213. The highest BCUT2D eigenvalue weighted by atomic mass is 16.5. The number of rotatable bonds is 5. The molecule has 0 saturated heterocycles. The Balaban J connectivity index is 3.90. The van der Waals surface area contributed by atoms with Gasteiger partial charge in [0.1, 0.15) is 6.10 Å². The molecule has 0 aromatic heterocycles. The van der Waals surface area contributed by atoms with Gasteiger partial charge in [-0.1, -0.05) is 31.7 Å². The van der Waals surface area contributed by atoms with Gasteiger partial charge in [-0.25, -0.2) is 0 Å². The molecule has 2 nitrogen and oxygen atoms in total. The van der Waals surface area contributed by atoms with Crippen molar-refractivity contribution in [3.05, 3.63) is 24.8 Å². The molecule has 0 heterocycles. The number of carbonyl (C=O) groups excluding carboxylic acids is 1. The maximum absolute atomic E-state index is 10.6. The average Bonchev–Trinajstić information content (AvgIpc) is 2.02. The summed E-state index contributed by atoms with van der Waals surface area (Å²) in [6.07, 6.45) is 3.00. The van der Waals surface area contributed by atoms with Crippen LogP contribution in [0.2, 0.25) is 0 Å². The zero-order valence-corrected chi connectivity index (χ0v) is 7.80. The normalized spacial score (nSPS) is 11.8. The summed E-state index contributed by atoms with van der Waals surface area (Å²) in [7, 11) is 0. The summed E-state index contributed by atoms with van der Waals surface area (Å²) in [4.78, 5) is 10.6. The summed E-state index contributed by atoms with van der Waals surface area (Å²) >= 11 is 0. The highest BCUT2D eigenvalue weighted by molar-refractivity contribution is 5.66. The van der Waals surface area contributed by atoms with E-state index >= 15 is 0 Å². The molecule has 0 fully saturated rings. The molecule has 0 N–H and O–H groups in total. The largest absolute Gasteiger partial charge is 0.458 e. The van der Waals surface area contributed by atoms with Gasteiger partial charge in [-0.3, -0.25) is 4.79 Å². The van der Waals surface area contributed by atoms with E-state index in [2.05, 4.69) is 13.2 Å². The van der Waals surface area contributed by atoms with Crippen molar-refractivity contribution < 1.29 is 9.53 Å². The Morgan fingerprint density at radius 2 is 2.25 bits per heavy atom. The first kappa shape index (κ1) is 11.0. The first-order valence-electron chi connectivity index (χ1n) is 4.06. The van der Waals surface area contributed by atoms with Crippen LogP contribution < -0.4 is 0 Å². The molecule has 1 atom stereocenters. The van der Waals surface area contributed by atoms with Crippen molar-refractivity contribution >= 4 is 5.97 Å². The Labute approximate surface area is 73.9 Å². The van der Waals surface area contributed by atoms with E-state index in [-0.39, 0.29) is 12.1 Å². The van der Waals surface area contributed by atoms with E-state index in [1.165, 1.54) is 6.92 Å². The third-order valence-electron chi connectivity index (χ3n) is 1.57. The van der Waals surface area contributed by atoms with Gasteiger partial charge in [0.2, 0.25) is 0 Å². The standard InChI is InChI=1S/C10H16O2/c1-5-8(3)7-10(6-2)12-9(4)11/h6,10H,2-3,5,7H2,1,4H3. The number of hydrogen-bond acceptors (Lipinski definition) is 2. The van der Waals surface area contributed by atoms with Crippen molar-refractivity contribution in [2.75, 3.05) is 0 Å². The van der Waals surface area contributed by atoms with Crippen LogP contribution in [0.5, 0.6) is 0 Å². The summed E-state index contributed by atoms with van der Waals surface area (Å²) in [5.41, 5.74) is 1.07. The molecule has 2 heteroatoms. The van der Waals surface area contributed by atoms with E-state index in [0.29, 0.717) is 6.42 Å². The molecule has 0 rings (SSSR count). The highest BCUT2D eigenvalue weighted by Gasteiger charge is 2.07. The summed E-state index contributed by atoms with van der Waals surface area (Å²) in [5, 5.41) is 0. The molecule has 68 valence electrons. The van der Waals surface area contributed by atoms with Gasteiger partial charge in [0, 0.05) is 13.3 Å². The quantitative estimate of drug-likeness (QED) is 0.465. The van der Waals surface area contributed by atoms with Crippen LogP contribution in [0.1, 0.15) is 26.7 Å². The molecule has 0 aliphatic heterocycles. The fourth-order valence-corrected chi connectivity index (χ4v) is 0.815. The first-order valence-corrected chi connectivity index (χ1v) is 4.06. The minimum Gasteiger partial charge on any atom is -0.458 e. The summed E-state index contributed by atoms with van der Waals surface area (Å²) in [6, 6.07) is 0. The lowest BCUT2D eigenvalue weighted by atomic mass is 10.1. The zero-order chi connectivity index (χ0) is 9.56. The third-order valence-corrected chi connectivity index (χ3v) is 1.57. The van der Waals surface area contributed by atoms with Gasteiger partial charge in [-0.2, -0.15) is 0 Å². The molecule has 0 amide bonds. The van der Waals surface area contributed by atoms with E-state index in [1.807, 2.05) is 6.92 Å². The average molecular weight is 168 g/mol. The van der Waals surface area contributed by atoms with Crippen LogP contribution in [-0.2, 0) is 9.53 Å². The smallest absolute Gasteiger partial charge is 0.303 e. The number of carbonyl (C=O) groups is 1. The molecule has 0 spiro atoms. The van der Waals surface area contributed by atoms with Gasteiger partial charge in [0.25, 0.3) is 0 Å². The Bertz CT molecular complexity index is 182. The van der Waals surface area contributed by atoms with Gasteiger partial charge in [-0.15, -0.1) is 0 Å². The van der Waals surface area contributed by atoms with Gasteiger partial charge < -0.3 is 4.74 Å². The molecule has 12 heavy (non-hydrogen) atoms. The topological polar surface area (TPSA) is 26.3 Å². The van der Waals surface area contributed by atoms with Crippen LogP contribution >= 0.6 is 0 Å². The first-order chi connectivity index (χ1) is 5.60. The molecule has 0 saturated carbocycles. The lowest BCUT2D eigenvalue weighted by Crippen LogP contribution is -2.13. The molecule has 0 aromatic carbocycles. The van der Waals surface area contributed by atoms with Gasteiger partial charge in [-0.05, 0) is 6.42 Å². The fraction of sp³-hybridized carbons (Fsp3) is 0.500. The second-order valence-electron chi connectivity index (χ2n) is 2.69. The van der Waals surface area contributed by atoms with Gasteiger partial charge >= 0.3 is 5.97 Å². The predicted octanol–water partition coefficient (Wildman–Crippen LogP) is 2.46. The number of ether oxygens (including phenoxy) is 1. The molecular formula is C10H16O2. The SMILES string of the molecule is C=CC(CC(=C)CC)OC(C)=O. The van der Waals surface area contributed by atoms with Gasteiger partial charge in [0.05, 0.1) is 0 Å². The van der Waals surface area contributed by atoms with Crippen LogP contribution in [0.25, 0.3) is 0 Å². The van der Waals surface area contributed by atoms with Crippen LogP contribution in [-0.4, -0.2) is 12.1 Å². The Morgan fingerprint density at radius 3 is 2.58 bits per heavy atom. The molecule has 0 aliphatic rings. The van der Waals surface area contributed by atoms with Gasteiger partial charge in [0.15, 0.2) is 0 Å². The Morgan fingerprint density at radius 1 is 1.67 bits per heavy atom. The van der Waals surface area contributed by atoms with E-state index in [0.717, 1.165) is 12.0 Å². The van der Waals surface area contributed by atoms with E-state index in [1.54, 1.807) is 6.08 Å². The fourth-order valence-electron chi connectivity index (χ4n) is 0.815. The zero-order valence-electron chi connectivity index (χ0n) is 7.80.